The fourth-order valence-electron chi connectivity index (χ4n) is 5.19. The topological polar surface area (TPSA) is 54.4 Å². The van der Waals surface area contributed by atoms with E-state index in [2.05, 4.69) is 6.58 Å². The van der Waals surface area contributed by atoms with E-state index in [0.717, 1.165) is 25.7 Å². The highest BCUT2D eigenvalue weighted by atomic mass is 16.4. The fraction of sp³-hybridized carbons (Fsp3) is 0.882. The van der Waals surface area contributed by atoms with Crippen molar-refractivity contribution >= 4 is 11.8 Å². The van der Waals surface area contributed by atoms with E-state index in [1.54, 1.807) is 0 Å². The first-order chi connectivity index (χ1) is 18.0. The largest absolute Gasteiger partial charge is 0.478 e. The van der Waals surface area contributed by atoms with Gasteiger partial charge in [-0.05, 0) is 19.8 Å². The Morgan fingerprint density at radius 3 is 0.730 bits per heavy atom. The first kappa shape index (κ1) is 35.9. The minimum atomic E-state index is -0.935. The van der Waals surface area contributed by atoms with Crippen LogP contribution in [-0.4, -0.2) is 16.9 Å². The summed E-state index contributed by atoms with van der Waals surface area (Å²) in [5.74, 6) is -0.443. The number of hydrogen-bond donors (Lipinski definition) is 1. The van der Waals surface area contributed by atoms with Gasteiger partial charge in [0.05, 0.1) is 0 Å². The predicted molar refractivity (Wildman–Crippen MR) is 161 cm³/mol. The Hall–Kier alpha value is -1.12. The molecular weight excluding hydrogens is 456 g/mol. The molecule has 0 bridgehead atoms. The Labute approximate surface area is 231 Å². The molecule has 0 atom stereocenters. The second-order valence-corrected chi connectivity index (χ2v) is 11.7. The molecule has 0 spiro atoms. The molecule has 3 fully saturated rings. The van der Waals surface area contributed by atoms with Crippen LogP contribution in [0.15, 0.2) is 12.2 Å². The van der Waals surface area contributed by atoms with E-state index in [0.29, 0.717) is 5.78 Å². The van der Waals surface area contributed by atoms with Crippen LogP contribution in [0.3, 0.4) is 0 Å². The zero-order valence-electron chi connectivity index (χ0n) is 25.0. The zero-order valence-corrected chi connectivity index (χ0v) is 25.0. The number of ketones is 1. The second-order valence-electron chi connectivity index (χ2n) is 11.7. The van der Waals surface area contributed by atoms with Crippen molar-refractivity contribution in [1.82, 2.24) is 0 Å². The number of carboxylic acids is 1. The lowest BCUT2D eigenvalue weighted by Crippen LogP contribution is -1.99. The lowest BCUT2D eigenvalue weighted by molar-refractivity contribution is -0.132. The van der Waals surface area contributed by atoms with E-state index < -0.39 is 5.97 Å². The maximum Gasteiger partial charge on any atom is 0.330 e. The van der Waals surface area contributed by atoms with Crippen molar-refractivity contribution in [2.45, 2.75) is 193 Å². The zero-order chi connectivity index (χ0) is 27.2. The van der Waals surface area contributed by atoms with Crippen LogP contribution in [0.4, 0.5) is 0 Å². The average molecular weight is 521 g/mol. The molecule has 3 rings (SSSR count). The Balaban J connectivity index is 0.000000477. The van der Waals surface area contributed by atoms with E-state index in [9.17, 15) is 9.59 Å². The van der Waals surface area contributed by atoms with Gasteiger partial charge >= 0.3 is 5.97 Å². The van der Waals surface area contributed by atoms with Gasteiger partial charge in [0.25, 0.3) is 0 Å². The molecule has 37 heavy (non-hydrogen) atoms. The van der Waals surface area contributed by atoms with Crippen molar-refractivity contribution in [3.8, 4) is 0 Å². The summed E-state index contributed by atoms with van der Waals surface area (Å²) in [6, 6.07) is 0. The second kappa shape index (κ2) is 29.4. The first-order valence-electron chi connectivity index (χ1n) is 16.4. The molecule has 3 nitrogen and oxygen atoms in total. The van der Waals surface area contributed by atoms with Crippen molar-refractivity contribution in [3.63, 3.8) is 0 Å². The van der Waals surface area contributed by atoms with Crippen LogP contribution in [0.2, 0.25) is 0 Å². The molecule has 0 radical (unpaired) electrons. The van der Waals surface area contributed by atoms with Crippen LogP contribution in [-0.2, 0) is 9.59 Å². The number of Topliss-reactive ketones (excluding diaryl/α,β-unsaturated/α-hetero) is 1. The lowest BCUT2D eigenvalue weighted by Gasteiger charge is -2.05. The van der Waals surface area contributed by atoms with Crippen LogP contribution >= 0.6 is 0 Å². The van der Waals surface area contributed by atoms with Gasteiger partial charge in [-0.25, -0.2) is 4.79 Å². The number of carbonyl (C=O) groups is 2. The Kier molecular flexibility index (Phi) is 28.5. The van der Waals surface area contributed by atoms with Gasteiger partial charge in [0.2, 0.25) is 0 Å². The van der Waals surface area contributed by atoms with Crippen LogP contribution in [0, 0.1) is 0 Å². The molecular formula is C34H64O3. The molecule has 0 aliphatic heterocycles. The SMILES string of the molecule is C1CCCCCCCCC1.C1CCCCCCCCC1.C=C(C)C(=O)O.O=C1CCCCCCCCC1. The summed E-state index contributed by atoms with van der Waals surface area (Å²) in [4.78, 5) is 20.7. The highest BCUT2D eigenvalue weighted by Crippen LogP contribution is 2.17. The number of aliphatic carboxylic acids is 1. The fourth-order valence-corrected chi connectivity index (χ4v) is 5.19. The molecule has 0 amide bonds. The Morgan fingerprint density at radius 2 is 0.595 bits per heavy atom. The summed E-state index contributed by atoms with van der Waals surface area (Å²) in [7, 11) is 0. The van der Waals surface area contributed by atoms with Gasteiger partial charge in [-0.2, -0.15) is 0 Å². The summed E-state index contributed by atoms with van der Waals surface area (Å²) >= 11 is 0. The van der Waals surface area contributed by atoms with Gasteiger partial charge < -0.3 is 5.11 Å². The normalized spacial score (nSPS) is 21.1. The summed E-state index contributed by atoms with van der Waals surface area (Å²) in [6.45, 7) is 4.60. The molecule has 218 valence electrons. The number of carbonyl (C=O) groups excluding carboxylic acids is 1. The summed E-state index contributed by atoms with van der Waals surface area (Å²) in [5, 5.41) is 7.89. The van der Waals surface area contributed by atoms with Gasteiger partial charge in [0, 0.05) is 18.4 Å². The minimum Gasteiger partial charge on any atom is -0.478 e. The predicted octanol–water partition coefficient (Wildman–Crippen LogP) is 11.5. The molecule has 0 aromatic heterocycles. The monoisotopic (exact) mass is 520 g/mol. The first-order valence-corrected chi connectivity index (χ1v) is 16.4. The van der Waals surface area contributed by atoms with E-state index >= 15 is 0 Å². The number of rotatable bonds is 1. The molecule has 1 N–H and O–H groups in total. The highest BCUT2D eigenvalue weighted by molar-refractivity contribution is 5.84. The number of hydrogen-bond acceptors (Lipinski definition) is 2. The van der Waals surface area contributed by atoms with Gasteiger partial charge in [-0.1, -0.05) is 167 Å². The van der Waals surface area contributed by atoms with E-state index in [1.165, 1.54) is 167 Å². The average Bonchev–Trinajstić information content (AvgIpc) is 2.91. The van der Waals surface area contributed by atoms with Crippen LogP contribution in [0.25, 0.3) is 0 Å². The highest BCUT2D eigenvalue weighted by Gasteiger charge is 2.03. The van der Waals surface area contributed by atoms with Crippen molar-refractivity contribution in [1.29, 1.82) is 0 Å². The van der Waals surface area contributed by atoms with Crippen molar-refractivity contribution < 1.29 is 14.7 Å². The molecule has 3 heteroatoms. The van der Waals surface area contributed by atoms with Crippen LogP contribution < -0.4 is 0 Å². The third-order valence-corrected chi connectivity index (χ3v) is 7.78. The molecule has 0 unspecified atom stereocenters. The van der Waals surface area contributed by atoms with Crippen molar-refractivity contribution in [3.05, 3.63) is 12.2 Å². The van der Waals surface area contributed by atoms with Gasteiger partial charge in [-0.15, -0.1) is 0 Å². The van der Waals surface area contributed by atoms with E-state index in [1.807, 2.05) is 0 Å². The van der Waals surface area contributed by atoms with Gasteiger partial charge in [0.1, 0.15) is 5.78 Å². The quantitative estimate of drug-likeness (QED) is 0.350. The van der Waals surface area contributed by atoms with E-state index in [-0.39, 0.29) is 5.57 Å². The standard InChI is InChI=1S/C10H18O.2C10H20.C4H6O2/c11-10-8-6-4-2-1-3-5-7-9-10;2*1-2-4-6-8-10-9-7-5-3-1;1-3(2)4(5)6/h1-9H2;2*1-10H2;1H2,2H3,(H,5,6). The lowest BCUT2D eigenvalue weighted by atomic mass is 10.0. The summed E-state index contributed by atoms with van der Waals surface area (Å²) < 4.78 is 0. The van der Waals surface area contributed by atoms with Crippen LogP contribution in [0.5, 0.6) is 0 Å². The van der Waals surface area contributed by atoms with Gasteiger partial charge in [0.15, 0.2) is 0 Å². The van der Waals surface area contributed by atoms with Crippen LogP contribution in [0.1, 0.15) is 193 Å². The maximum absolute atomic E-state index is 11.1. The summed E-state index contributed by atoms with van der Waals surface area (Å²) in [5.41, 5.74) is 0.176. The molecule has 0 aromatic rings. The molecule has 3 aliphatic rings. The van der Waals surface area contributed by atoms with Gasteiger partial charge in [-0.3, -0.25) is 4.79 Å². The number of carboxylic acid groups (broad SMARTS) is 1. The third-order valence-electron chi connectivity index (χ3n) is 7.78. The molecule has 3 saturated carbocycles. The molecule has 0 aromatic carbocycles. The molecule has 0 saturated heterocycles. The smallest absolute Gasteiger partial charge is 0.330 e. The Bertz CT molecular complexity index is 415. The van der Waals surface area contributed by atoms with Crippen molar-refractivity contribution in [2.24, 2.45) is 0 Å². The molecule has 3 aliphatic carbocycles. The minimum absolute atomic E-state index is 0.176. The Morgan fingerprint density at radius 1 is 0.459 bits per heavy atom. The molecule has 0 heterocycles. The van der Waals surface area contributed by atoms with Crippen molar-refractivity contribution in [2.75, 3.05) is 0 Å². The maximum atomic E-state index is 11.1. The van der Waals surface area contributed by atoms with E-state index in [4.69, 9.17) is 5.11 Å². The summed E-state index contributed by atoms with van der Waals surface area (Å²) in [6.07, 6.45) is 40.6. The third kappa shape index (κ3) is 31.0.